The van der Waals surface area contributed by atoms with Crippen molar-refractivity contribution in [3.05, 3.63) is 17.9 Å². The molecule has 1 aromatic carbocycles. The van der Waals surface area contributed by atoms with Crippen LogP contribution in [0.1, 0.15) is 0 Å². The van der Waals surface area contributed by atoms with Crippen molar-refractivity contribution in [2.75, 3.05) is 26.1 Å². The molecule has 2 aromatic rings. The maximum atomic E-state index is 14.3. The molecule has 0 aliphatic carbocycles. The van der Waals surface area contributed by atoms with Crippen molar-refractivity contribution >= 4 is 5.88 Å². The van der Waals surface area contributed by atoms with Gasteiger partial charge in [0.15, 0.2) is 11.5 Å². The highest BCUT2D eigenvalue weighted by Crippen LogP contribution is 2.44. The Morgan fingerprint density at radius 1 is 1.32 bits per heavy atom. The first-order valence-corrected chi connectivity index (χ1v) is 5.59. The number of methoxy groups -OCH3 is 1. The van der Waals surface area contributed by atoms with Crippen LogP contribution in [0.2, 0.25) is 0 Å². The lowest BCUT2D eigenvalue weighted by atomic mass is 10.1. The Kier molecular flexibility index (Phi) is 2.66. The minimum atomic E-state index is -0.628. The molecule has 0 spiro atoms. The van der Waals surface area contributed by atoms with E-state index in [0.29, 0.717) is 30.2 Å². The molecule has 1 aliphatic heterocycles. The van der Waals surface area contributed by atoms with Gasteiger partial charge in [-0.1, -0.05) is 5.16 Å². The highest BCUT2D eigenvalue weighted by molar-refractivity contribution is 5.73. The quantitative estimate of drug-likeness (QED) is 0.893. The molecule has 3 rings (SSSR count). The van der Waals surface area contributed by atoms with Crippen LogP contribution in [0.25, 0.3) is 11.3 Å². The number of aromatic nitrogens is 1. The molecule has 6 nitrogen and oxygen atoms in total. The fourth-order valence-corrected chi connectivity index (χ4v) is 1.93. The first-order valence-electron chi connectivity index (χ1n) is 5.59. The number of fused-ring (bicyclic) bond motifs is 1. The van der Waals surface area contributed by atoms with Gasteiger partial charge in [0.25, 0.3) is 0 Å². The predicted molar refractivity (Wildman–Crippen MR) is 63.9 cm³/mol. The number of benzene rings is 1. The number of hydrogen-bond donors (Lipinski definition) is 1. The first-order chi connectivity index (χ1) is 9.20. The minimum Gasteiger partial charge on any atom is -0.493 e. The predicted octanol–water partition coefficient (Wildman–Crippen LogP) is 1.84. The van der Waals surface area contributed by atoms with E-state index < -0.39 is 5.82 Å². The standard InChI is InChI=1S/C12H11FN2O4/c1-16-11-6(7-5-9(14)19-15-7)4-8-12(10(11)13)18-3-2-17-8/h4-5H,2-3,14H2,1H3. The van der Waals surface area contributed by atoms with Gasteiger partial charge in [-0.2, -0.15) is 4.39 Å². The van der Waals surface area contributed by atoms with Crippen molar-refractivity contribution in [1.82, 2.24) is 5.16 Å². The zero-order chi connectivity index (χ0) is 13.4. The van der Waals surface area contributed by atoms with Crippen LogP contribution >= 0.6 is 0 Å². The summed E-state index contributed by atoms with van der Waals surface area (Å²) in [5.41, 5.74) is 6.22. The fourth-order valence-electron chi connectivity index (χ4n) is 1.93. The molecule has 1 aromatic heterocycles. The second-order valence-corrected chi connectivity index (χ2v) is 3.91. The fraction of sp³-hybridized carbons (Fsp3) is 0.250. The Morgan fingerprint density at radius 3 is 2.79 bits per heavy atom. The Bertz CT molecular complexity index is 626. The molecule has 0 atom stereocenters. The van der Waals surface area contributed by atoms with Crippen molar-refractivity contribution in [2.24, 2.45) is 0 Å². The van der Waals surface area contributed by atoms with Crippen LogP contribution in [0.4, 0.5) is 10.3 Å². The van der Waals surface area contributed by atoms with Crippen LogP contribution in [0, 0.1) is 5.82 Å². The maximum absolute atomic E-state index is 14.3. The molecule has 0 fully saturated rings. The van der Waals surface area contributed by atoms with Crippen molar-refractivity contribution < 1.29 is 23.1 Å². The van der Waals surface area contributed by atoms with Gasteiger partial charge < -0.3 is 24.5 Å². The molecule has 2 N–H and O–H groups in total. The number of anilines is 1. The van der Waals surface area contributed by atoms with E-state index in [1.807, 2.05) is 0 Å². The molecule has 0 saturated carbocycles. The van der Waals surface area contributed by atoms with E-state index in [-0.39, 0.29) is 17.4 Å². The SMILES string of the molecule is COc1c(-c2cc(N)on2)cc2c(c1F)OCCO2. The van der Waals surface area contributed by atoms with E-state index in [4.69, 9.17) is 24.5 Å². The summed E-state index contributed by atoms with van der Waals surface area (Å²) in [4.78, 5) is 0. The van der Waals surface area contributed by atoms with Gasteiger partial charge in [-0.15, -0.1) is 0 Å². The van der Waals surface area contributed by atoms with Gasteiger partial charge in [0.2, 0.25) is 17.5 Å². The molecular formula is C12H11FN2O4. The van der Waals surface area contributed by atoms with Crippen molar-refractivity contribution in [3.63, 3.8) is 0 Å². The van der Waals surface area contributed by atoms with Crippen LogP contribution in [0.15, 0.2) is 16.7 Å². The van der Waals surface area contributed by atoms with Crippen LogP contribution < -0.4 is 19.9 Å². The minimum absolute atomic E-state index is 0.0116. The summed E-state index contributed by atoms with van der Waals surface area (Å²) >= 11 is 0. The lowest BCUT2D eigenvalue weighted by Gasteiger charge is -2.21. The zero-order valence-electron chi connectivity index (χ0n) is 10.1. The number of nitrogens with two attached hydrogens (primary N) is 1. The maximum Gasteiger partial charge on any atom is 0.222 e. The molecule has 19 heavy (non-hydrogen) atoms. The first kappa shape index (κ1) is 11.6. The van der Waals surface area contributed by atoms with Gasteiger partial charge in [0, 0.05) is 6.07 Å². The Labute approximate surface area is 107 Å². The topological polar surface area (TPSA) is 79.7 Å². The van der Waals surface area contributed by atoms with Gasteiger partial charge in [-0.3, -0.25) is 0 Å². The number of rotatable bonds is 2. The normalized spacial score (nSPS) is 13.4. The second kappa shape index (κ2) is 4.34. The number of hydrogen-bond acceptors (Lipinski definition) is 6. The zero-order valence-corrected chi connectivity index (χ0v) is 10.1. The lowest BCUT2D eigenvalue weighted by molar-refractivity contribution is 0.162. The van der Waals surface area contributed by atoms with Gasteiger partial charge >= 0.3 is 0 Å². The largest absolute Gasteiger partial charge is 0.493 e. The molecule has 1 aliphatic rings. The average molecular weight is 266 g/mol. The summed E-state index contributed by atoms with van der Waals surface area (Å²) in [5, 5.41) is 3.74. The molecule has 100 valence electrons. The van der Waals surface area contributed by atoms with Crippen molar-refractivity contribution in [2.45, 2.75) is 0 Å². The van der Waals surface area contributed by atoms with Crippen LogP contribution in [-0.2, 0) is 0 Å². The molecule has 0 amide bonds. The van der Waals surface area contributed by atoms with Gasteiger partial charge in [0.05, 0.1) is 12.7 Å². The van der Waals surface area contributed by atoms with E-state index in [9.17, 15) is 4.39 Å². The molecule has 0 radical (unpaired) electrons. The Morgan fingerprint density at radius 2 is 2.11 bits per heavy atom. The Balaban J connectivity index is 2.21. The number of halogens is 1. The van der Waals surface area contributed by atoms with E-state index in [1.165, 1.54) is 13.2 Å². The van der Waals surface area contributed by atoms with Crippen LogP contribution in [0.5, 0.6) is 17.2 Å². The third-order valence-electron chi connectivity index (χ3n) is 2.74. The third kappa shape index (κ3) is 1.83. The molecule has 7 heteroatoms. The van der Waals surface area contributed by atoms with Gasteiger partial charge in [-0.25, -0.2) is 0 Å². The summed E-state index contributed by atoms with van der Waals surface area (Å²) in [5.74, 6) is -0.134. The number of ether oxygens (including phenoxy) is 3. The molecular weight excluding hydrogens is 255 g/mol. The number of nitrogens with zero attached hydrogens (tertiary/aromatic N) is 1. The summed E-state index contributed by atoms with van der Waals surface area (Å²) in [7, 11) is 1.36. The lowest BCUT2D eigenvalue weighted by Crippen LogP contribution is -2.17. The highest BCUT2D eigenvalue weighted by atomic mass is 19.1. The van der Waals surface area contributed by atoms with Gasteiger partial charge in [0.1, 0.15) is 18.9 Å². The smallest absolute Gasteiger partial charge is 0.222 e. The number of nitrogen functional groups attached to an aromatic ring is 1. The summed E-state index contributed by atoms with van der Waals surface area (Å²) in [6.45, 7) is 0.655. The molecule has 2 heterocycles. The van der Waals surface area contributed by atoms with Crippen LogP contribution in [-0.4, -0.2) is 25.5 Å². The third-order valence-corrected chi connectivity index (χ3v) is 2.74. The van der Waals surface area contributed by atoms with Gasteiger partial charge in [-0.05, 0) is 6.07 Å². The Hall–Kier alpha value is -2.44. The second-order valence-electron chi connectivity index (χ2n) is 3.91. The average Bonchev–Trinajstić information content (AvgIpc) is 2.85. The molecule has 0 saturated heterocycles. The van der Waals surface area contributed by atoms with Crippen molar-refractivity contribution in [3.8, 4) is 28.5 Å². The van der Waals surface area contributed by atoms with E-state index in [0.717, 1.165) is 0 Å². The summed E-state index contributed by atoms with van der Waals surface area (Å²) < 4.78 is 34.7. The van der Waals surface area contributed by atoms with E-state index in [2.05, 4.69) is 5.16 Å². The summed E-state index contributed by atoms with van der Waals surface area (Å²) in [6, 6.07) is 3.07. The summed E-state index contributed by atoms with van der Waals surface area (Å²) in [6.07, 6.45) is 0. The molecule has 0 bridgehead atoms. The van der Waals surface area contributed by atoms with Crippen LogP contribution in [0.3, 0.4) is 0 Å². The van der Waals surface area contributed by atoms with Crippen molar-refractivity contribution in [1.29, 1.82) is 0 Å². The monoisotopic (exact) mass is 266 g/mol. The molecule has 0 unspecified atom stereocenters. The highest BCUT2D eigenvalue weighted by Gasteiger charge is 2.26. The van der Waals surface area contributed by atoms with E-state index in [1.54, 1.807) is 6.07 Å². The van der Waals surface area contributed by atoms with E-state index >= 15 is 0 Å².